The minimum absolute atomic E-state index is 0.534. The molecule has 0 N–H and O–H groups in total. The van der Waals surface area contributed by atoms with Gasteiger partial charge in [-0.25, -0.2) is 0 Å². The van der Waals surface area contributed by atoms with Crippen LogP contribution >= 0.6 is 0 Å². The van der Waals surface area contributed by atoms with Crippen LogP contribution < -0.4 is 18.9 Å². The fourth-order valence-electron chi connectivity index (χ4n) is 5.16. The molecule has 5 heteroatoms. The SMILES string of the molecule is COc1cc(C)c(-c2ccc(COc3ccc4c(c3)CCC(CCN(C)C)C4)cc2)c(OC)c1OC. The molecule has 0 radical (unpaired) electrons. The van der Waals surface area contributed by atoms with Gasteiger partial charge in [0, 0.05) is 5.56 Å². The number of methoxy groups -OCH3 is 3. The van der Waals surface area contributed by atoms with Crippen molar-refractivity contribution in [2.45, 2.75) is 39.2 Å². The summed E-state index contributed by atoms with van der Waals surface area (Å²) in [5, 5.41) is 0. The average Bonchev–Trinajstić information content (AvgIpc) is 2.90. The van der Waals surface area contributed by atoms with E-state index in [2.05, 4.69) is 68.4 Å². The minimum Gasteiger partial charge on any atom is -0.493 e. The lowest BCUT2D eigenvalue weighted by Gasteiger charge is -2.26. The summed E-state index contributed by atoms with van der Waals surface area (Å²) < 4.78 is 23.0. The van der Waals surface area contributed by atoms with Gasteiger partial charge in [-0.2, -0.15) is 0 Å². The van der Waals surface area contributed by atoms with E-state index < -0.39 is 0 Å². The van der Waals surface area contributed by atoms with Gasteiger partial charge in [0.2, 0.25) is 5.75 Å². The molecule has 0 saturated heterocycles. The molecule has 3 aromatic carbocycles. The first-order valence-electron chi connectivity index (χ1n) is 12.7. The maximum absolute atomic E-state index is 6.18. The van der Waals surface area contributed by atoms with Gasteiger partial charge in [0.15, 0.2) is 11.5 Å². The molecular weight excluding hydrogens is 450 g/mol. The van der Waals surface area contributed by atoms with Crippen LogP contribution in [0.25, 0.3) is 11.1 Å². The largest absolute Gasteiger partial charge is 0.493 e. The topological polar surface area (TPSA) is 40.2 Å². The molecule has 0 heterocycles. The molecule has 0 saturated carbocycles. The highest BCUT2D eigenvalue weighted by atomic mass is 16.5. The molecule has 0 spiro atoms. The number of ether oxygens (including phenoxy) is 4. The summed E-state index contributed by atoms with van der Waals surface area (Å²) in [6.45, 7) is 3.75. The van der Waals surface area contributed by atoms with Crippen molar-refractivity contribution < 1.29 is 18.9 Å². The van der Waals surface area contributed by atoms with E-state index in [1.54, 1.807) is 21.3 Å². The van der Waals surface area contributed by atoms with Crippen LogP contribution in [0.2, 0.25) is 0 Å². The Labute approximate surface area is 215 Å². The van der Waals surface area contributed by atoms with Gasteiger partial charge in [-0.3, -0.25) is 0 Å². The Morgan fingerprint density at radius 3 is 2.28 bits per heavy atom. The fraction of sp³-hybridized carbons (Fsp3) is 0.419. The third-order valence-electron chi connectivity index (χ3n) is 7.17. The number of benzene rings is 3. The smallest absolute Gasteiger partial charge is 0.203 e. The van der Waals surface area contributed by atoms with E-state index in [9.17, 15) is 0 Å². The van der Waals surface area contributed by atoms with Gasteiger partial charge in [0.25, 0.3) is 0 Å². The predicted octanol–water partition coefficient (Wildman–Crippen LogP) is 6.32. The van der Waals surface area contributed by atoms with Crippen LogP contribution in [0, 0.1) is 12.8 Å². The van der Waals surface area contributed by atoms with E-state index in [4.69, 9.17) is 18.9 Å². The predicted molar refractivity (Wildman–Crippen MR) is 146 cm³/mol. The van der Waals surface area contributed by atoms with Gasteiger partial charge in [-0.05, 0) is 105 Å². The van der Waals surface area contributed by atoms with E-state index in [0.717, 1.165) is 40.3 Å². The lowest BCUT2D eigenvalue weighted by molar-refractivity contribution is 0.304. The molecule has 1 aliphatic rings. The Balaban J connectivity index is 1.43. The van der Waals surface area contributed by atoms with Gasteiger partial charge in [-0.15, -0.1) is 0 Å². The highest BCUT2D eigenvalue weighted by molar-refractivity contribution is 5.79. The second kappa shape index (κ2) is 11.7. The molecule has 0 amide bonds. The van der Waals surface area contributed by atoms with Crippen LogP contribution in [0.4, 0.5) is 0 Å². The first-order chi connectivity index (χ1) is 17.4. The summed E-state index contributed by atoms with van der Waals surface area (Å²) in [5.74, 6) is 3.68. The molecular formula is C31H39NO4. The van der Waals surface area contributed by atoms with E-state index in [-0.39, 0.29) is 0 Å². The first kappa shape index (κ1) is 25.9. The van der Waals surface area contributed by atoms with Crippen molar-refractivity contribution in [1.29, 1.82) is 0 Å². The van der Waals surface area contributed by atoms with Crippen LogP contribution in [0.1, 0.15) is 35.1 Å². The average molecular weight is 490 g/mol. The second-order valence-corrected chi connectivity index (χ2v) is 9.95. The lowest BCUT2D eigenvalue weighted by Crippen LogP contribution is -2.21. The zero-order valence-electron chi connectivity index (χ0n) is 22.5. The number of rotatable bonds is 10. The Kier molecular flexibility index (Phi) is 8.42. The molecule has 5 nitrogen and oxygen atoms in total. The Bertz CT molecular complexity index is 1170. The van der Waals surface area contributed by atoms with Gasteiger partial charge >= 0.3 is 0 Å². The summed E-state index contributed by atoms with van der Waals surface area (Å²) in [4.78, 5) is 2.28. The van der Waals surface area contributed by atoms with Crippen molar-refractivity contribution >= 4 is 0 Å². The maximum Gasteiger partial charge on any atom is 0.203 e. The number of nitrogens with zero attached hydrogens (tertiary/aromatic N) is 1. The second-order valence-electron chi connectivity index (χ2n) is 9.95. The van der Waals surface area contributed by atoms with Crippen molar-refractivity contribution in [3.8, 4) is 34.1 Å². The van der Waals surface area contributed by atoms with Gasteiger partial charge < -0.3 is 23.8 Å². The van der Waals surface area contributed by atoms with Gasteiger partial charge in [0.05, 0.1) is 21.3 Å². The van der Waals surface area contributed by atoms with Crippen molar-refractivity contribution in [3.63, 3.8) is 0 Å². The van der Waals surface area contributed by atoms with Crippen LogP contribution in [-0.2, 0) is 19.4 Å². The summed E-state index contributed by atoms with van der Waals surface area (Å²) in [7, 11) is 9.23. The molecule has 4 rings (SSSR count). The van der Waals surface area contributed by atoms with Gasteiger partial charge in [0.1, 0.15) is 12.4 Å². The number of hydrogen-bond donors (Lipinski definition) is 0. The maximum atomic E-state index is 6.18. The van der Waals surface area contributed by atoms with Crippen LogP contribution in [0.5, 0.6) is 23.0 Å². The summed E-state index contributed by atoms with van der Waals surface area (Å²) in [6, 6.07) is 17.0. The molecule has 0 fully saturated rings. The van der Waals surface area contributed by atoms with Crippen LogP contribution in [0.15, 0.2) is 48.5 Å². The molecule has 36 heavy (non-hydrogen) atoms. The number of aryl methyl sites for hydroxylation is 2. The van der Waals surface area contributed by atoms with Crippen molar-refractivity contribution in [3.05, 3.63) is 70.8 Å². The van der Waals surface area contributed by atoms with Gasteiger partial charge in [-0.1, -0.05) is 30.3 Å². The Morgan fingerprint density at radius 2 is 1.61 bits per heavy atom. The molecule has 0 aromatic heterocycles. The third kappa shape index (κ3) is 5.79. The zero-order chi connectivity index (χ0) is 25.7. The Hall–Kier alpha value is -3.18. The molecule has 0 aliphatic heterocycles. The molecule has 192 valence electrons. The van der Waals surface area contributed by atoms with E-state index in [1.165, 1.54) is 36.9 Å². The first-order valence-corrected chi connectivity index (χ1v) is 12.7. The normalized spacial score (nSPS) is 14.9. The zero-order valence-corrected chi connectivity index (χ0v) is 22.5. The van der Waals surface area contributed by atoms with Crippen molar-refractivity contribution in [1.82, 2.24) is 4.90 Å². The lowest BCUT2D eigenvalue weighted by atomic mass is 9.82. The molecule has 1 unspecified atom stereocenters. The molecule has 1 aliphatic carbocycles. The molecule has 1 atom stereocenters. The Morgan fingerprint density at radius 1 is 0.861 bits per heavy atom. The quantitative estimate of drug-likeness (QED) is 0.333. The highest BCUT2D eigenvalue weighted by Gasteiger charge is 2.21. The van der Waals surface area contributed by atoms with E-state index in [0.29, 0.717) is 23.9 Å². The van der Waals surface area contributed by atoms with Crippen LogP contribution in [-0.4, -0.2) is 46.9 Å². The summed E-state index contributed by atoms with van der Waals surface area (Å²) in [6.07, 6.45) is 4.87. The monoisotopic (exact) mass is 489 g/mol. The summed E-state index contributed by atoms with van der Waals surface area (Å²) >= 11 is 0. The number of hydrogen-bond acceptors (Lipinski definition) is 5. The minimum atomic E-state index is 0.534. The number of fused-ring (bicyclic) bond motifs is 1. The van der Waals surface area contributed by atoms with E-state index in [1.807, 2.05) is 6.07 Å². The van der Waals surface area contributed by atoms with Crippen molar-refractivity contribution in [2.24, 2.45) is 5.92 Å². The molecule has 3 aromatic rings. The van der Waals surface area contributed by atoms with Crippen LogP contribution in [0.3, 0.4) is 0 Å². The highest BCUT2D eigenvalue weighted by Crippen LogP contribution is 2.46. The fourth-order valence-corrected chi connectivity index (χ4v) is 5.16. The standard InChI is InChI=1S/C31H39NO4/c1-21-17-28(33-4)30(34-5)31(35-6)29(21)24-10-8-23(9-11-24)20-36-27-14-13-25-18-22(15-16-32(2)3)7-12-26(25)19-27/h8-11,13-14,17,19,22H,7,12,15-16,18,20H2,1-6H3. The third-order valence-corrected chi connectivity index (χ3v) is 7.17. The summed E-state index contributed by atoms with van der Waals surface area (Å²) in [5.41, 5.74) is 7.18. The molecule has 0 bridgehead atoms. The van der Waals surface area contributed by atoms with Crippen molar-refractivity contribution in [2.75, 3.05) is 42.0 Å². The van der Waals surface area contributed by atoms with E-state index >= 15 is 0 Å².